The topological polar surface area (TPSA) is 81.4 Å². The molecule has 5 rings (SSSR count). The number of rotatable bonds is 9. The van der Waals surface area contributed by atoms with Crippen LogP contribution in [-0.2, 0) is 4.79 Å². The van der Waals surface area contributed by atoms with Crippen molar-refractivity contribution < 1.29 is 9.53 Å². The molecule has 1 heterocycles. The monoisotopic (exact) mass is 533 g/mol. The lowest BCUT2D eigenvalue weighted by Gasteiger charge is -2.11. The molecule has 39 heavy (non-hydrogen) atoms. The van der Waals surface area contributed by atoms with Crippen molar-refractivity contribution in [1.82, 2.24) is 20.2 Å². The first-order valence-corrected chi connectivity index (χ1v) is 13.4. The van der Waals surface area contributed by atoms with Crippen molar-refractivity contribution in [3.63, 3.8) is 0 Å². The van der Waals surface area contributed by atoms with E-state index < -0.39 is 0 Å². The number of hydrazone groups is 1. The number of carbonyl (C=O) groups is 1. The van der Waals surface area contributed by atoms with Gasteiger partial charge >= 0.3 is 0 Å². The second-order valence-electron chi connectivity index (χ2n) is 8.91. The van der Waals surface area contributed by atoms with Gasteiger partial charge in [-0.15, -0.1) is 10.2 Å². The molecule has 0 unspecified atom stereocenters. The third-order valence-corrected chi connectivity index (χ3v) is 6.74. The molecule has 1 N–H and O–H groups in total. The van der Waals surface area contributed by atoms with E-state index in [0.29, 0.717) is 10.9 Å². The van der Waals surface area contributed by atoms with Crippen LogP contribution in [0.4, 0.5) is 0 Å². The van der Waals surface area contributed by atoms with Crippen LogP contribution in [0, 0.1) is 13.8 Å². The lowest BCUT2D eigenvalue weighted by molar-refractivity contribution is -0.118. The van der Waals surface area contributed by atoms with Crippen molar-refractivity contribution in [1.29, 1.82) is 0 Å². The lowest BCUT2D eigenvalue weighted by Crippen LogP contribution is -2.20. The lowest BCUT2D eigenvalue weighted by atomic mass is 10.1. The van der Waals surface area contributed by atoms with Crippen LogP contribution in [0.15, 0.2) is 113 Å². The molecule has 0 bridgehead atoms. The predicted molar refractivity (Wildman–Crippen MR) is 156 cm³/mol. The Kier molecular flexibility index (Phi) is 8.14. The maximum absolute atomic E-state index is 12.6. The number of nitrogens with zero attached hydrogens (tertiary/aromatic N) is 4. The van der Waals surface area contributed by atoms with E-state index in [9.17, 15) is 4.79 Å². The van der Waals surface area contributed by atoms with Gasteiger partial charge in [-0.05, 0) is 55.8 Å². The number of carbonyl (C=O) groups excluding carboxylic acids is 1. The third-order valence-electron chi connectivity index (χ3n) is 5.81. The van der Waals surface area contributed by atoms with E-state index >= 15 is 0 Å². The first kappa shape index (κ1) is 25.9. The van der Waals surface area contributed by atoms with E-state index in [2.05, 4.69) is 20.7 Å². The minimum Gasteiger partial charge on any atom is -0.457 e. The van der Waals surface area contributed by atoms with Crippen molar-refractivity contribution in [3.05, 3.63) is 120 Å². The largest absolute Gasteiger partial charge is 0.457 e. The number of para-hydroxylation sites is 1. The molecule has 8 heteroatoms. The molecule has 0 fully saturated rings. The zero-order chi connectivity index (χ0) is 27.0. The Morgan fingerprint density at radius 1 is 0.872 bits per heavy atom. The number of hydrogen-bond donors (Lipinski definition) is 1. The van der Waals surface area contributed by atoms with Crippen LogP contribution in [0.25, 0.3) is 17.1 Å². The number of hydrogen-bond acceptors (Lipinski definition) is 6. The molecule has 0 aliphatic carbocycles. The molecule has 0 spiro atoms. The maximum Gasteiger partial charge on any atom is 0.250 e. The highest BCUT2D eigenvalue weighted by Gasteiger charge is 2.17. The van der Waals surface area contributed by atoms with Gasteiger partial charge < -0.3 is 4.74 Å². The summed E-state index contributed by atoms with van der Waals surface area (Å²) in [5.74, 6) is 2.04. The van der Waals surface area contributed by atoms with E-state index in [1.54, 1.807) is 6.21 Å². The van der Waals surface area contributed by atoms with Gasteiger partial charge in [0.1, 0.15) is 11.5 Å². The Morgan fingerprint density at radius 3 is 2.31 bits per heavy atom. The summed E-state index contributed by atoms with van der Waals surface area (Å²) in [4.78, 5) is 12.6. The summed E-state index contributed by atoms with van der Waals surface area (Å²) in [6, 6.07) is 33.3. The summed E-state index contributed by atoms with van der Waals surface area (Å²) >= 11 is 1.31. The smallest absolute Gasteiger partial charge is 0.250 e. The zero-order valence-electron chi connectivity index (χ0n) is 21.6. The highest BCUT2D eigenvalue weighted by molar-refractivity contribution is 7.99. The third kappa shape index (κ3) is 6.80. The molecule has 4 aromatic carbocycles. The SMILES string of the molecule is Cc1ccc(-c2nnc(SCC(=O)N/N=C\c3cccc(Oc4ccccc4)c3)n2-c2ccc(C)cc2)cc1. The van der Waals surface area contributed by atoms with E-state index in [1.807, 2.05) is 122 Å². The molecule has 1 aromatic heterocycles. The van der Waals surface area contributed by atoms with Crippen molar-refractivity contribution in [2.75, 3.05) is 5.75 Å². The summed E-state index contributed by atoms with van der Waals surface area (Å²) in [6.45, 7) is 4.09. The number of aryl methyl sites for hydroxylation is 2. The van der Waals surface area contributed by atoms with Gasteiger partial charge in [0.2, 0.25) is 0 Å². The van der Waals surface area contributed by atoms with E-state index in [1.165, 1.54) is 17.3 Å². The minimum atomic E-state index is -0.247. The van der Waals surface area contributed by atoms with Crippen LogP contribution in [-0.4, -0.2) is 32.6 Å². The Balaban J connectivity index is 1.25. The fraction of sp³-hybridized carbons (Fsp3) is 0.0968. The van der Waals surface area contributed by atoms with Gasteiger partial charge in [0.15, 0.2) is 11.0 Å². The van der Waals surface area contributed by atoms with E-state index in [4.69, 9.17) is 4.74 Å². The first-order valence-electron chi connectivity index (χ1n) is 12.4. The molecule has 5 aromatic rings. The molecule has 0 atom stereocenters. The number of nitrogens with one attached hydrogen (secondary N) is 1. The minimum absolute atomic E-state index is 0.131. The Hall–Kier alpha value is -4.69. The standard InChI is InChI=1S/C31H27N5O2S/c1-22-11-15-25(16-12-22)30-34-35-31(36(30)26-17-13-23(2)14-18-26)39-21-29(37)33-32-20-24-7-6-10-28(19-24)38-27-8-4-3-5-9-27/h3-20H,21H2,1-2H3,(H,33,37)/b32-20-. The fourth-order valence-corrected chi connectivity index (χ4v) is 4.55. The summed E-state index contributed by atoms with van der Waals surface area (Å²) in [5.41, 5.74) is 7.61. The normalized spacial score (nSPS) is 11.0. The molecular weight excluding hydrogens is 506 g/mol. The highest BCUT2D eigenvalue weighted by atomic mass is 32.2. The van der Waals surface area contributed by atoms with Crippen molar-refractivity contribution in [2.45, 2.75) is 19.0 Å². The van der Waals surface area contributed by atoms with Gasteiger partial charge in [0, 0.05) is 11.3 Å². The number of thioether (sulfide) groups is 1. The summed E-state index contributed by atoms with van der Waals surface area (Å²) < 4.78 is 7.84. The fourth-order valence-electron chi connectivity index (χ4n) is 3.80. The van der Waals surface area contributed by atoms with Gasteiger partial charge in [0.25, 0.3) is 5.91 Å². The molecule has 7 nitrogen and oxygen atoms in total. The van der Waals surface area contributed by atoms with Gasteiger partial charge in [-0.1, -0.05) is 89.6 Å². The quantitative estimate of drug-likeness (QED) is 0.131. The molecule has 194 valence electrons. The zero-order valence-corrected chi connectivity index (χ0v) is 22.4. The molecule has 0 radical (unpaired) electrons. The highest BCUT2D eigenvalue weighted by Crippen LogP contribution is 2.28. The number of ether oxygens (including phenoxy) is 1. The second-order valence-corrected chi connectivity index (χ2v) is 9.86. The van der Waals surface area contributed by atoms with E-state index in [-0.39, 0.29) is 11.7 Å². The summed E-state index contributed by atoms with van der Waals surface area (Å²) in [7, 11) is 0. The second kappa shape index (κ2) is 12.2. The molecule has 0 saturated carbocycles. The number of amides is 1. The molecule has 0 aliphatic rings. The van der Waals surface area contributed by atoms with Crippen LogP contribution in [0.5, 0.6) is 11.5 Å². The van der Waals surface area contributed by atoms with Crippen LogP contribution in [0.1, 0.15) is 16.7 Å². The van der Waals surface area contributed by atoms with Gasteiger partial charge in [-0.25, -0.2) is 5.43 Å². The predicted octanol–water partition coefficient (Wildman–Crippen LogP) is 6.59. The number of aromatic nitrogens is 3. The molecule has 0 saturated heterocycles. The summed E-state index contributed by atoms with van der Waals surface area (Å²) in [5, 5.41) is 13.6. The maximum atomic E-state index is 12.6. The van der Waals surface area contributed by atoms with Crippen molar-refractivity contribution >= 4 is 23.9 Å². The Bertz CT molecular complexity index is 1580. The Morgan fingerprint density at radius 2 is 1.56 bits per heavy atom. The van der Waals surface area contributed by atoms with Crippen LogP contribution >= 0.6 is 11.8 Å². The van der Waals surface area contributed by atoms with Crippen LogP contribution < -0.4 is 10.2 Å². The molecule has 0 aliphatic heterocycles. The van der Waals surface area contributed by atoms with Crippen molar-refractivity contribution in [3.8, 4) is 28.6 Å². The summed E-state index contributed by atoms with van der Waals surface area (Å²) in [6.07, 6.45) is 1.59. The van der Waals surface area contributed by atoms with Gasteiger partial charge in [-0.2, -0.15) is 5.10 Å². The van der Waals surface area contributed by atoms with Gasteiger partial charge in [0.05, 0.1) is 12.0 Å². The Labute approximate surface area is 231 Å². The van der Waals surface area contributed by atoms with Gasteiger partial charge in [-0.3, -0.25) is 9.36 Å². The van der Waals surface area contributed by atoms with Crippen LogP contribution in [0.3, 0.4) is 0 Å². The molecular formula is C31H27N5O2S. The average Bonchev–Trinajstić information content (AvgIpc) is 3.37. The number of benzene rings is 4. The van der Waals surface area contributed by atoms with E-state index in [0.717, 1.165) is 34.0 Å². The first-order chi connectivity index (χ1) is 19.0. The molecule has 1 amide bonds. The average molecular weight is 534 g/mol. The van der Waals surface area contributed by atoms with Crippen molar-refractivity contribution in [2.24, 2.45) is 5.10 Å². The van der Waals surface area contributed by atoms with Crippen LogP contribution in [0.2, 0.25) is 0 Å².